The molecule has 0 radical (unpaired) electrons. The van der Waals surface area contributed by atoms with Crippen LogP contribution in [-0.2, 0) is 30.4 Å². The molecule has 3 fully saturated rings. The van der Waals surface area contributed by atoms with Gasteiger partial charge in [0.1, 0.15) is 18.8 Å². The normalized spacial score (nSPS) is 30.2. The van der Waals surface area contributed by atoms with Gasteiger partial charge in [0.2, 0.25) is 0 Å². The average molecular weight is 386 g/mol. The second kappa shape index (κ2) is 6.90. The number of ether oxygens (including phenoxy) is 3. The predicted octanol–water partition coefficient (Wildman–Crippen LogP) is 3.27. The lowest BCUT2D eigenvalue weighted by Gasteiger charge is -2.25. The first-order chi connectivity index (χ1) is 13.3. The SMILES string of the molecule is CCC(C)(C)C(=O)OCc1ccc(C(=O)OC2C3CC4C(=O)OC2C4C3)cc1. The predicted molar refractivity (Wildman–Crippen MR) is 99.1 cm³/mol. The van der Waals surface area contributed by atoms with Crippen molar-refractivity contribution in [2.45, 2.75) is 58.8 Å². The third-order valence-corrected chi connectivity index (χ3v) is 6.65. The van der Waals surface area contributed by atoms with Crippen molar-refractivity contribution in [3.8, 4) is 0 Å². The zero-order chi connectivity index (χ0) is 20.1. The number of rotatable bonds is 6. The Hall–Kier alpha value is -2.37. The molecule has 28 heavy (non-hydrogen) atoms. The Balaban J connectivity index is 1.34. The maximum absolute atomic E-state index is 12.5. The Morgan fingerprint density at radius 1 is 1.18 bits per heavy atom. The van der Waals surface area contributed by atoms with Crippen molar-refractivity contribution < 1.29 is 28.6 Å². The van der Waals surface area contributed by atoms with E-state index in [4.69, 9.17) is 14.2 Å². The number of hydrogen-bond donors (Lipinski definition) is 0. The molecule has 3 aliphatic rings. The van der Waals surface area contributed by atoms with Crippen LogP contribution in [0.25, 0.3) is 0 Å². The molecule has 6 heteroatoms. The molecule has 1 aliphatic heterocycles. The molecule has 1 saturated heterocycles. The molecule has 0 spiro atoms. The molecule has 5 unspecified atom stereocenters. The minimum atomic E-state index is -0.507. The van der Waals surface area contributed by atoms with Crippen molar-refractivity contribution in [3.63, 3.8) is 0 Å². The van der Waals surface area contributed by atoms with Gasteiger partial charge in [-0.3, -0.25) is 9.59 Å². The third-order valence-electron chi connectivity index (χ3n) is 6.65. The molecule has 0 N–H and O–H groups in total. The Morgan fingerprint density at radius 2 is 1.89 bits per heavy atom. The second-order valence-corrected chi connectivity index (χ2v) is 8.78. The molecular weight excluding hydrogens is 360 g/mol. The van der Waals surface area contributed by atoms with Gasteiger partial charge in [-0.25, -0.2) is 4.79 Å². The van der Waals surface area contributed by atoms with E-state index in [2.05, 4.69) is 0 Å². The largest absolute Gasteiger partial charge is 0.460 e. The molecule has 6 nitrogen and oxygen atoms in total. The fourth-order valence-electron chi connectivity index (χ4n) is 4.48. The van der Waals surface area contributed by atoms with Gasteiger partial charge in [0.25, 0.3) is 0 Å². The highest BCUT2D eigenvalue weighted by Gasteiger charge is 2.63. The first-order valence-electron chi connectivity index (χ1n) is 9.98. The van der Waals surface area contributed by atoms with Gasteiger partial charge in [0.05, 0.1) is 16.9 Å². The van der Waals surface area contributed by atoms with Crippen molar-refractivity contribution in [1.29, 1.82) is 0 Å². The fourth-order valence-corrected chi connectivity index (χ4v) is 4.48. The minimum Gasteiger partial charge on any atom is -0.460 e. The minimum absolute atomic E-state index is 0.00429. The van der Waals surface area contributed by atoms with Crippen LogP contribution in [0.4, 0.5) is 0 Å². The lowest BCUT2D eigenvalue weighted by Crippen LogP contribution is -2.36. The Kier molecular flexibility index (Phi) is 4.68. The summed E-state index contributed by atoms with van der Waals surface area (Å²) < 4.78 is 16.5. The van der Waals surface area contributed by atoms with E-state index in [9.17, 15) is 14.4 Å². The molecule has 1 aromatic carbocycles. The van der Waals surface area contributed by atoms with Crippen molar-refractivity contribution in [2.75, 3.05) is 0 Å². The van der Waals surface area contributed by atoms with Crippen LogP contribution in [0.1, 0.15) is 56.0 Å². The van der Waals surface area contributed by atoms with Gasteiger partial charge in [-0.15, -0.1) is 0 Å². The van der Waals surface area contributed by atoms with E-state index in [-0.39, 0.29) is 48.5 Å². The summed E-state index contributed by atoms with van der Waals surface area (Å²) in [6.07, 6.45) is 1.75. The molecule has 0 aromatic heterocycles. The van der Waals surface area contributed by atoms with E-state index in [1.165, 1.54) is 0 Å². The highest BCUT2D eigenvalue weighted by molar-refractivity contribution is 5.89. The molecule has 2 saturated carbocycles. The van der Waals surface area contributed by atoms with Crippen molar-refractivity contribution in [2.24, 2.45) is 23.2 Å². The van der Waals surface area contributed by atoms with Gasteiger partial charge in [0.15, 0.2) is 0 Å². The summed E-state index contributed by atoms with van der Waals surface area (Å²) in [5.74, 6) is -0.353. The number of carbonyl (C=O) groups is 3. The van der Waals surface area contributed by atoms with Crippen LogP contribution in [0, 0.1) is 23.2 Å². The zero-order valence-corrected chi connectivity index (χ0v) is 16.5. The standard InChI is InChI=1S/C22H26O6/c1-4-22(2,3)21(25)26-11-12-5-7-13(8-6-12)19(23)27-17-14-9-15-16(10-14)20(24)28-18(15)17/h5-8,14-18H,4,9-11H2,1-3H3. The number of fused-ring (bicyclic) bond motifs is 1. The molecule has 150 valence electrons. The van der Waals surface area contributed by atoms with Crippen LogP contribution in [-0.4, -0.2) is 30.1 Å². The van der Waals surface area contributed by atoms with Crippen LogP contribution in [0.5, 0.6) is 0 Å². The molecular formula is C22H26O6. The van der Waals surface area contributed by atoms with Crippen molar-refractivity contribution >= 4 is 17.9 Å². The molecule has 1 aromatic rings. The van der Waals surface area contributed by atoms with E-state index in [0.717, 1.165) is 18.4 Å². The first kappa shape index (κ1) is 19.0. The van der Waals surface area contributed by atoms with Gasteiger partial charge in [-0.05, 0) is 50.8 Å². The lowest BCUT2D eigenvalue weighted by atomic mass is 9.88. The van der Waals surface area contributed by atoms with E-state index in [1.54, 1.807) is 24.3 Å². The highest BCUT2D eigenvalue weighted by Crippen LogP contribution is 2.55. The van der Waals surface area contributed by atoms with Crippen molar-refractivity contribution in [1.82, 2.24) is 0 Å². The smallest absolute Gasteiger partial charge is 0.338 e. The van der Waals surface area contributed by atoms with Gasteiger partial charge in [-0.2, -0.15) is 0 Å². The molecule has 2 aliphatic carbocycles. The van der Waals surface area contributed by atoms with Crippen LogP contribution in [0.3, 0.4) is 0 Å². The zero-order valence-electron chi connectivity index (χ0n) is 16.5. The fraction of sp³-hybridized carbons (Fsp3) is 0.591. The van der Waals surface area contributed by atoms with E-state index >= 15 is 0 Å². The maximum atomic E-state index is 12.5. The van der Waals surface area contributed by atoms with Gasteiger partial charge in [0, 0.05) is 11.8 Å². The number of esters is 3. The molecule has 1 heterocycles. The lowest BCUT2D eigenvalue weighted by molar-refractivity contribution is -0.155. The van der Waals surface area contributed by atoms with E-state index < -0.39 is 11.4 Å². The monoisotopic (exact) mass is 386 g/mol. The third kappa shape index (κ3) is 3.19. The van der Waals surface area contributed by atoms with Gasteiger partial charge in [-0.1, -0.05) is 19.1 Å². The molecule has 0 amide bonds. The summed E-state index contributed by atoms with van der Waals surface area (Å²) >= 11 is 0. The first-order valence-corrected chi connectivity index (χ1v) is 9.98. The van der Waals surface area contributed by atoms with Gasteiger partial charge >= 0.3 is 17.9 Å². The maximum Gasteiger partial charge on any atom is 0.338 e. The summed E-state index contributed by atoms with van der Waals surface area (Å²) in [6, 6.07) is 6.87. The number of carbonyl (C=O) groups excluding carboxylic acids is 3. The summed E-state index contributed by atoms with van der Waals surface area (Å²) in [4.78, 5) is 36.4. The summed E-state index contributed by atoms with van der Waals surface area (Å²) in [6.45, 7) is 5.83. The van der Waals surface area contributed by atoms with E-state index in [1.807, 2.05) is 20.8 Å². The van der Waals surface area contributed by atoms with E-state index in [0.29, 0.717) is 12.0 Å². The van der Waals surface area contributed by atoms with Crippen LogP contribution in [0.2, 0.25) is 0 Å². The molecule has 4 rings (SSSR count). The van der Waals surface area contributed by atoms with Crippen LogP contribution >= 0.6 is 0 Å². The topological polar surface area (TPSA) is 78.9 Å². The molecule has 2 bridgehead atoms. The Labute approximate surface area is 164 Å². The Bertz CT molecular complexity index is 796. The average Bonchev–Trinajstić information content (AvgIpc) is 3.31. The van der Waals surface area contributed by atoms with Crippen molar-refractivity contribution in [3.05, 3.63) is 35.4 Å². The molecule has 5 atom stereocenters. The highest BCUT2D eigenvalue weighted by atomic mass is 16.6. The number of hydrogen-bond acceptors (Lipinski definition) is 6. The van der Waals surface area contributed by atoms with Crippen LogP contribution in [0.15, 0.2) is 24.3 Å². The summed E-state index contributed by atoms with van der Waals surface area (Å²) in [7, 11) is 0. The second-order valence-electron chi connectivity index (χ2n) is 8.78. The Morgan fingerprint density at radius 3 is 2.57 bits per heavy atom. The number of benzene rings is 1. The van der Waals surface area contributed by atoms with Crippen LogP contribution < -0.4 is 0 Å². The summed E-state index contributed by atoms with van der Waals surface area (Å²) in [5, 5.41) is 0. The quantitative estimate of drug-likeness (QED) is 0.551. The summed E-state index contributed by atoms with van der Waals surface area (Å²) in [5.41, 5.74) is 0.740. The van der Waals surface area contributed by atoms with Gasteiger partial charge < -0.3 is 14.2 Å².